The molecule has 0 rings (SSSR count). The van der Waals surface area contributed by atoms with Gasteiger partial charge >= 0.3 is 0 Å². The fourth-order valence-electron chi connectivity index (χ4n) is 0.911. The Bertz CT molecular complexity index is 104. The maximum Gasteiger partial charge on any atom is 0.0767 e. The summed E-state index contributed by atoms with van der Waals surface area (Å²) in [5.41, 5.74) is 10.3. The van der Waals surface area contributed by atoms with Crippen LogP contribution in [0.3, 0.4) is 0 Å². The quantitative estimate of drug-likeness (QED) is 0.538. The lowest BCUT2D eigenvalue weighted by Gasteiger charge is -2.28. The van der Waals surface area contributed by atoms with E-state index in [1.165, 1.54) is 0 Å². The van der Waals surface area contributed by atoms with Crippen molar-refractivity contribution in [2.75, 3.05) is 6.54 Å². The highest BCUT2D eigenvalue weighted by molar-refractivity contribution is 4.83. The predicted octanol–water partition coefficient (Wildman–Crippen LogP) is 0.214. The Morgan fingerprint density at radius 3 is 2.45 bits per heavy atom. The molecule has 0 spiro atoms. The van der Waals surface area contributed by atoms with Gasteiger partial charge < -0.3 is 16.6 Å². The van der Waals surface area contributed by atoms with Crippen molar-refractivity contribution in [1.29, 1.82) is 0 Å². The monoisotopic (exact) mass is 160 g/mol. The Labute approximate surface area is 68.8 Å². The summed E-state index contributed by atoms with van der Waals surface area (Å²) in [4.78, 5) is 0. The first kappa shape index (κ1) is 10.9. The summed E-state index contributed by atoms with van der Waals surface area (Å²) in [6.45, 7) is 4.35. The Morgan fingerprint density at radius 1 is 1.55 bits per heavy atom. The first-order chi connectivity index (χ1) is 5.04. The predicted molar refractivity (Wildman–Crippen MR) is 47.2 cm³/mol. The maximum absolute atomic E-state index is 9.65. The zero-order valence-electron chi connectivity index (χ0n) is 7.51. The third-order valence-electron chi connectivity index (χ3n) is 2.23. The summed E-state index contributed by atoms with van der Waals surface area (Å²) >= 11 is 0. The van der Waals surface area contributed by atoms with E-state index in [1.54, 1.807) is 6.92 Å². The van der Waals surface area contributed by atoms with Gasteiger partial charge in [-0.2, -0.15) is 0 Å². The highest BCUT2D eigenvalue weighted by atomic mass is 16.3. The van der Waals surface area contributed by atoms with Crippen LogP contribution < -0.4 is 11.5 Å². The van der Waals surface area contributed by atoms with Crippen molar-refractivity contribution in [3.8, 4) is 0 Å². The number of hydrogen-bond donors (Lipinski definition) is 3. The summed E-state index contributed by atoms with van der Waals surface area (Å²) in [7, 11) is 0. The van der Waals surface area contributed by atoms with Crippen molar-refractivity contribution in [3.63, 3.8) is 0 Å². The fourth-order valence-corrected chi connectivity index (χ4v) is 0.911. The molecule has 0 radical (unpaired) electrons. The summed E-state index contributed by atoms with van der Waals surface area (Å²) in [5, 5.41) is 9.65. The lowest BCUT2D eigenvalue weighted by molar-refractivity contribution is 0.0259. The van der Waals surface area contributed by atoms with Gasteiger partial charge in [-0.3, -0.25) is 0 Å². The molecule has 2 atom stereocenters. The van der Waals surface area contributed by atoms with E-state index in [-0.39, 0.29) is 6.04 Å². The third-order valence-corrected chi connectivity index (χ3v) is 2.23. The van der Waals surface area contributed by atoms with Gasteiger partial charge in [0.05, 0.1) is 5.60 Å². The van der Waals surface area contributed by atoms with Crippen LogP contribution in [-0.2, 0) is 0 Å². The van der Waals surface area contributed by atoms with Gasteiger partial charge in [-0.15, -0.1) is 0 Å². The van der Waals surface area contributed by atoms with Gasteiger partial charge in [0.25, 0.3) is 0 Å². The molecule has 0 aromatic heterocycles. The molecule has 2 unspecified atom stereocenters. The minimum absolute atomic E-state index is 0.143. The summed E-state index contributed by atoms with van der Waals surface area (Å²) in [6.07, 6.45) is 2.38. The SMILES string of the molecule is CCC(C)(O)C(N)CCCN. The Balaban J connectivity index is 3.71. The summed E-state index contributed by atoms with van der Waals surface area (Å²) < 4.78 is 0. The molecular weight excluding hydrogens is 140 g/mol. The van der Waals surface area contributed by atoms with Crippen LogP contribution in [0.5, 0.6) is 0 Å². The zero-order chi connectivity index (χ0) is 8.91. The molecule has 0 bridgehead atoms. The molecule has 0 saturated carbocycles. The van der Waals surface area contributed by atoms with Crippen LogP contribution in [0.25, 0.3) is 0 Å². The van der Waals surface area contributed by atoms with Gasteiger partial charge in [-0.05, 0) is 32.7 Å². The molecule has 0 aromatic carbocycles. The van der Waals surface area contributed by atoms with Crippen LogP contribution in [0.15, 0.2) is 0 Å². The van der Waals surface area contributed by atoms with Crippen molar-refractivity contribution >= 4 is 0 Å². The van der Waals surface area contributed by atoms with Crippen LogP contribution in [0.1, 0.15) is 33.1 Å². The largest absolute Gasteiger partial charge is 0.389 e. The van der Waals surface area contributed by atoms with Crippen LogP contribution >= 0.6 is 0 Å². The fraction of sp³-hybridized carbons (Fsp3) is 1.00. The molecule has 0 saturated heterocycles. The Kier molecular flexibility index (Phi) is 4.65. The number of nitrogens with two attached hydrogens (primary N) is 2. The highest BCUT2D eigenvalue weighted by Crippen LogP contribution is 2.15. The first-order valence-electron chi connectivity index (χ1n) is 4.22. The molecule has 0 aliphatic heterocycles. The van der Waals surface area contributed by atoms with Gasteiger partial charge in [0, 0.05) is 6.04 Å². The smallest absolute Gasteiger partial charge is 0.0767 e. The van der Waals surface area contributed by atoms with E-state index in [0.717, 1.165) is 12.8 Å². The molecule has 11 heavy (non-hydrogen) atoms. The van der Waals surface area contributed by atoms with Crippen LogP contribution in [-0.4, -0.2) is 23.3 Å². The Hall–Kier alpha value is -0.120. The van der Waals surface area contributed by atoms with Gasteiger partial charge in [0.15, 0.2) is 0 Å². The third kappa shape index (κ3) is 3.70. The average Bonchev–Trinajstić information content (AvgIpc) is 2.00. The van der Waals surface area contributed by atoms with Crippen LogP contribution in [0.4, 0.5) is 0 Å². The standard InChI is InChI=1S/C8H20N2O/c1-3-8(2,11)7(10)5-4-6-9/h7,11H,3-6,9-10H2,1-2H3. The number of rotatable bonds is 5. The van der Waals surface area contributed by atoms with E-state index in [1.807, 2.05) is 6.92 Å². The highest BCUT2D eigenvalue weighted by Gasteiger charge is 2.25. The molecule has 0 aromatic rings. The van der Waals surface area contributed by atoms with Crippen molar-refractivity contribution < 1.29 is 5.11 Å². The average molecular weight is 160 g/mol. The van der Waals surface area contributed by atoms with E-state index in [0.29, 0.717) is 13.0 Å². The molecule has 0 amide bonds. The van der Waals surface area contributed by atoms with E-state index in [9.17, 15) is 5.11 Å². The van der Waals surface area contributed by atoms with Crippen molar-refractivity contribution in [2.45, 2.75) is 44.8 Å². The van der Waals surface area contributed by atoms with Crippen molar-refractivity contribution in [1.82, 2.24) is 0 Å². The van der Waals surface area contributed by atoms with Gasteiger partial charge in [-0.1, -0.05) is 6.92 Å². The molecular formula is C8H20N2O. The lowest BCUT2D eigenvalue weighted by atomic mass is 9.91. The van der Waals surface area contributed by atoms with Crippen LogP contribution in [0, 0.1) is 0 Å². The van der Waals surface area contributed by atoms with Crippen molar-refractivity contribution in [3.05, 3.63) is 0 Å². The summed E-state index contributed by atoms with van der Waals surface area (Å²) in [6, 6.07) is -0.143. The van der Waals surface area contributed by atoms with Gasteiger partial charge in [0.1, 0.15) is 0 Å². The minimum Gasteiger partial charge on any atom is -0.389 e. The normalized spacial score (nSPS) is 19.4. The van der Waals surface area contributed by atoms with E-state index in [4.69, 9.17) is 11.5 Å². The zero-order valence-corrected chi connectivity index (χ0v) is 7.51. The second kappa shape index (κ2) is 4.70. The second-order valence-corrected chi connectivity index (χ2v) is 3.25. The van der Waals surface area contributed by atoms with Crippen molar-refractivity contribution in [2.24, 2.45) is 11.5 Å². The number of hydrogen-bond acceptors (Lipinski definition) is 3. The molecule has 0 aliphatic carbocycles. The van der Waals surface area contributed by atoms with Crippen LogP contribution in [0.2, 0.25) is 0 Å². The van der Waals surface area contributed by atoms with E-state index < -0.39 is 5.60 Å². The summed E-state index contributed by atoms with van der Waals surface area (Å²) in [5.74, 6) is 0. The topological polar surface area (TPSA) is 72.3 Å². The molecule has 0 heterocycles. The maximum atomic E-state index is 9.65. The van der Waals surface area contributed by atoms with Gasteiger partial charge in [0.2, 0.25) is 0 Å². The minimum atomic E-state index is -0.727. The molecule has 68 valence electrons. The van der Waals surface area contributed by atoms with E-state index >= 15 is 0 Å². The molecule has 3 nitrogen and oxygen atoms in total. The molecule has 3 heteroatoms. The molecule has 5 N–H and O–H groups in total. The Morgan fingerprint density at radius 2 is 2.09 bits per heavy atom. The first-order valence-corrected chi connectivity index (χ1v) is 4.22. The molecule has 0 fully saturated rings. The van der Waals surface area contributed by atoms with E-state index in [2.05, 4.69) is 0 Å². The molecule has 0 aliphatic rings. The van der Waals surface area contributed by atoms with Gasteiger partial charge in [-0.25, -0.2) is 0 Å². The number of aliphatic hydroxyl groups is 1. The lowest BCUT2D eigenvalue weighted by Crippen LogP contribution is -2.45. The second-order valence-electron chi connectivity index (χ2n) is 3.25.